The van der Waals surface area contributed by atoms with Crippen LogP contribution in [0.15, 0.2) is 53.0 Å². The van der Waals surface area contributed by atoms with Crippen molar-refractivity contribution < 1.29 is 27.9 Å². The monoisotopic (exact) mass is 524 g/mol. The molecule has 5 nitrogen and oxygen atoms in total. The molecular formula is C24H24BrF3N2O3. The van der Waals surface area contributed by atoms with Crippen LogP contribution in [0.4, 0.5) is 13.2 Å². The number of hydrogen-bond acceptors (Lipinski definition) is 3. The predicted octanol–water partition coefficient (Wildman–Crippen LogP) is 3.95. The molecule has 0 bridgehead atoms. The molecule has 0 radical (unpaired) electrons. The van der Waals surface area contributed by atoms with Gasteiger partial charge in [0.05, 0.1) is 0 Å². The van der Waals surface area contributed by atoms with Crippen LogP contribution in [0.5, 0.6) is 0 Å². The van der Waals surface area contributed by atoms with Crippen molar-refractivity contribution in [2.24, 2.45) is 5.41 Å². The van der Waals surface area contributed by atoms with Crippen LogP contribution in [-0.4, -0.2) is 47.9 Å². The quantitative estimate of drug-likeness (QED) is 0.636. The average molecular weight is 525 g/mol. The summed E-state index contributed by atoms with van der Waals surface area (Å²) in [5.74, 6) is -1.60. The molecule has 2 unspecified atom stereocenters. The van der Waals surface area contributed by atoms with Crippen LogP contribution >= 0.6 is 15.9 Å². The van der Waals surface area contributed by atoms with Gasteiger partial charge < -0.3 is 15.3 Å². The Hall–Kier alpha value is -2.39. The fourth-order valence-electron chi connectivity index (χ4n) is 5.09. The normalized spacial score (nSPS) is 22.2. The second-order valence-corrected chi connectivity index (χ2v) is 9.73. The van der Waals surface area contributed by atoms with E-state index in [-0.39, 0.29) is 42.7 Å². The van der Waals surface area contributed by atoms with Crippen molar-refractivity contribution >= 4 is 27.7 Å². The fourth-order valence-corrected chi connectivity index (χ4v) is 5.49. The molecule has 33 heavy (non-hydrogen) atoms. The first-order chi connectivity index (χ1) is 15.7. The lowest BCUT2D eigenvalue weighted by Crippen LogP contribution is -2.57. The SMILES string of the molecule is O=C1CC2(CCN(C(=O)C(O)(c3cccc(Br)c3)C(F)F)CC2)C(c2ccc(F)cc2)CN1. The summed E-state index contributed by atoms with van der Waals surface area (Å²) in [5.41, 5.74) is -2.74. The van der Waals surface area contributed by atoms with Gasteiger partial charge in [-0.05, 0) is 53.6 Å². The number of amides is 2. The van der Waals surface area contributed by atoms with Crippen molar-refractivity contribution in [3.8, 4) is 0 Å². The molecule has 2 aliphatic heterocycles. The number of nitrogens with zero attached hydrogens (tertiary/aromatic N) is 1. The average Bonchev–Trinajstić information content (AvgIpc) is 2.79. The maximum Gasteiger partial charge on any atom is 0.280 e. The number of carbonyl (C=O) groups excluding carboxylic acids is 2. The molecule has 9 heteroatoms. The van der Waals surface area contributed by atoms with Crippen molar-refractivity contribution in [2.45, 2.75) is 37.2 Å². The second-order valence-electron chi connectivity index (χ2n) is 8.82. The standard InChI is InChI=1S/C24H24BrF3N2O3/c25-17-3-1-2-16(12-17)24(33,21(27)28)22(32)30-10-8-23(9-11-30)13-20(31)29-14-19(23)15-4-6-18(26)7-5-15/h1-7,12,19,21,33H,8-11,13-14H2,(H,29,31). The third-order valence-electron chi connectivity index (χ3n) is 6.98. The van der Waals surface area contributed by atoms with E-state index in [4.69, 9.17) is 0 Å². The molecule has 2 amide bonds. The second kappa shape index (κ2) is 9.10. The van der Waals surface area contributed by atoms with Crippen LogP contribution in [0.3, 0.4) is 0 Å². The van der Waals surface area contributed by atoms with Crippen LogP contribution < -0.4 is 5.32 Å². The van der Waals surface area contributed by atoms with Gasteiger partial charge in [0.1, 0.15) is 5.82 Å². The molecule has 2 aromatic carbocycles. The molecule has 4 rings (SSSR count). The summed E-state index contributed by atoms with van der Waals surface area (Å²) in [5, 5.41) is 13.7. The van der Waals surface area contributed by atoms with E-state index in [0.717, 1.165) is 5.56 Å². The Kier molecular flexibility index (Phi) is 6.55. The first kappa shape index (κ1) is 23.8. The van der Waals surface area contributed by atoms with E-state index >= 15 is 0 Å². The maximum atomic E-state index is 14.0. The smallest absolute Gasteiger partial charge is 0.280 e. The minimum Gasteiger partial charge on any atom is -0.371 e. The Labute approximate surface area is 198 Å². The van der Waals surface area contributed by atoms with E-state index in [1.807, 2.05) is 0 Å². The number of aliphatic hydroxyl groups is 1. The summed E-state index contributed by atoms with van der Waals surface area (Å²) < 4.78 is 42.0. The number of nitrogens with one attached hydrogen (secondary N) is 1. The summed E-state index contributed by atoms with van der Waals surface area (Å²) in [6.45, 7) is 0.650. The minimum absolute atomic E-state index is 0.0906. The molecule has 2 atom stereocenters. The molecule has 0 aromatic heterocycles. The number of halogens is 4. The van der Waals surface area contributed by atoms with Gasteiger partial charge >= 0.3 is 0 Å². The van der Waals surface area contributed by atoms with Gasteiger partial charge in [-0.25, -0.2) is 13.2 Å². The zero-order valence-electron chi connectivity index (χ0n) is 17.7. The van der Waals surface area contributed by atoms with E-state index in [2.05, 4.69) is 21.2 Å². The summed E-state index contributed by atoms with van der Waals surface area (Å²) >= 11 is 3.19. The zero-order chi connectivity index (χ0) is 23.8. The zero-order valence-corrected chi connectivity index (χ0v) is 19.3. The molecule has 2 heterocycles. The van der Waals surface area contributed by atoms with E-state index in [1.54, 1.807) is 18.2 Å². The molecular weight excluding hydrogens is 501 g/mol. The number of likely N-dealkylation sites (tertiary alicyclic amines) is 1. The van der Waals surface area contributed by atoms with Gasteiger partial charge in [0, 0.05) is 36.4 Å². The van der Waals surface area contributed by atoms with Crippen molar-refractivity contribution in [1.29, 1.82) is 0 Å². The highest BCUT2D eigenvalue weighted by Gasteiger charge is 2.52. The van der Waals surface area contributed by atoms with E-state index in [1.165, 1.54) is 35.2 Å². The fraction of sp³-hybridized carbons (Fsp3) is 0.417. The highest BCUT2D eigenvalue weighted by atomic mass is 79.9. The molecule has 2 aliphatic rings. The van der Waals surface area contributed by atoms with Crippen LogP contribution in [-0.2, 0) is 15.2 Å². The highest BCUT2D eigenvalue weighted by molar-refractivity contribution is 9.10. The van der Waals surface area contributed by atoms with Gasteiger partial charge in [0.25, 0.3) is 12.3 Å². The van der Waals surface area contributed by atoms with Gasteiger partial charge in [-0.1, -0.05) is 40.2 Å². The van der Waals surface area contributed by atoms with Crippen molar-refractivity contribution in [1.82, 2.24) is 10.2 Å². The Balaban J connectivity index is 1.57. The summed E-state index contributed by atoms with van der Waals surface area (Å²) in [4.78, 5) is 26.7. The molecule has 2 aromatic rings. The first-order valence-electron chi connectivity index (χ1n) is 10.7. The van der Waals surface area contributed by atoms with Gasteiger partial charge in [0.15, 0.2) is 0 Å². The molecule has 176 valence electrons. The highest BCUT2D eigenvalue weighted by Crippen LogP contribution is 2.49. The van der Waals surface area contributed by atoms with Gasteiger partial charge in [0.2, 0.25) is 11.5 Å². The Morgan fingerprint density at radius 1 is 1.18 bits per heavy atom. The van der Waals surface area contributed by atoms with Gasteiger partial charge in [-0.3, -0.25) is 9.59 Å². The maximum absolute atomic E-state index is 14.0. The van der Waals surface area contributed by atoms with E-state index in [0.29, 0.717) is 23.9 Å². The number of alkyl halides is 2. The third-order valence-corrected chi connectivity index (χ3v) is 7.47. The van der Waals surface area contributed by atoms with Crippen LogP contribution in [0, 0.1) is 11.2 Å². The lowest BCUT2D eigenvalue weighted by Gasteiger charge is -2.49. The lowest BCUT2D eigenvalue weighted by molar-refractivity contribution is -0.174. The van der Waals surface area contributed by atoms with Crippen molar-refractivity contribution in [2.75, 3.05) is 19.6 Å². The molecule has 2 N–H and O–H groups in total. The van der Waals surface area contributed by atoms with Crippen LogP contribution in [0.25, 0.3) is 0 Å². The Morgan fingerprint density at radius 2 is 1.85 bits per heavy atom. The van der Waals surface area contributed by atoms with Crippen molar-refractivity contribution in [3.05, 3.63) is 69.9 Å². The molecule has 0 saturated carbocycles. The molecule has 1 spiro atoms. The number of hydrogen-bond donors (Lipinski definition) is 2. The first-order valence-corrected chi connectivity index (χ1v) is 11.5. The Bertz CT molecular complexity index is 1040. The van der Waals surface area contributed by atoms with Crippen LogP contribution in [0.1, 0.15) is 36.3 Å². The largest absolute Gasteiger partial charge is 0.371 e. The topological polar surface area (TPSA) is 69.6 Å². The summed E-state index contributed by atoms with van der Waals surface area (Å²) in [6.07, 6.45) is -2.26. The lowest BCUT2D eigenvalue weighted by atomic mass is 9.62. The molecule has 2 saturated heterocycles. The number of piperidine rings is 2. The Morgan fingerprint density at radius 3 is 2.45 bits per heavy atom. The van der Waals surface area contributed by atoms with E-state index in [9.17, 15) is 27.9 Å². The van der Waals surface area contributed by atoms with Gasteiger partial charge in [-0.2, -0.15) is 0 Å². The van der Waals surface area contributed by atoms with Gasteiger partial charge in [-0.15, -0.1) is 0 Å². The summed E-state index contributed by atoms with van der Waals surface area (Å²) in [6, 6.07) is 11.9. The number of carbonyl (C=O) groups is 2. The van der Waals surface area contributed by atoms with E-state index < -0.39 is 23.3 Å². The number of rotatable bonds is 4. The van der Waals surface area contributed by atoms with Crippen LogP contribution in [0.2, 0.25) is 0 Å². The number of benzene rings is 2. The molecule has 0 aliphatic carbocycles. The summed E-state index contributed by atoms with van der Waals surface area (Å²) in [7, 11) is 0. The molecule has 2 fully saturated rings. The third kappa shape index (κ3) is 4.40. The predicted molar refractivity (Wildman–Crippen MR) is 119 cm³/mol. The minimum atomic E-state index is -3.32. The van der Waals surface area contributed by atoms with Crippen molar-refractivity contribution in [3.63, 3.8) is 0 Å².